The minimum atomic E-state index is 0.751. The Balaban J connectivity index is 1.67. The zero-order valence-corrected chi connectivity index (χ0v) is 11.1. The van der Waals surface area contributed by atoms with Crippen molar-refractivity contribution in [1.82, 2.24) is 10.2 Å². The van der Waals surface area contributed by atoms with Gasteiger partial charge in [0, 0.05) is 19.1 Å². The van der Waals surface area contributed by atoms with Crippen LogP contribution in [0, 0.1) is 5.92 Å². The van der Waals surface area contributed by atoms with E-state index >= 15 is 0 Å². The number of nitrogens with zero attached hydrogens (tertiary/aromatic N) is 1. The van der Waals surface area contributed by atoms with Gasteiger partial charge in [0.25, 0.3) is 0 Å². The van der Waals surface area contributed by atoms with Crippen molar-refractivity contribution < 1.29 is 4.74 Å². The van der Waals surface area contributed by atoms with E-state index in [1.54, 1.807) is 7.11 Å². The van der Waals surface area contributed by atoms with Crippen molar-refractivity contribution in [3.63, 3.8) is 0 Å². The molecule has 3 heteroatoms. The van der Waals surface area contributed by atoms with Crippen LogP contribution in [-0.4, -0.2) is 37.7 Å². The lowest BCUT2D eigenvalue weighted by atomic mass is 9.91. The van der Waals surface area contributed by atoms with Crippen LogP contribution in [-0.2, 0) is 6.54 Å². The van der Waals surface area contributed by atoms with E-state index in [1.165, 1.54) is 38.0 Å². The number of likely N-dealkylation sites (tertiary alicyclic amines) is 1. The molecular weight excluding hydrogens is 224 g/mol. The molecule has 0 aromatic heterocycles. The number of rotatable bonds is 3. The summed E-state index contributed by atoms with van der Waals surface area (Å²) in [5, 5.41) is 3.54. The van der Waals surface area contributed by atoms with E-state index in [0.717, 1.165) is 24.3 Å². The number of nitrogens with one attached hydrogen (secondary N) is 1. The van der Waals surface area contributed by atoms with Gasteiger partial charge in [-0.05, 0) is 49.5 Å². The Labute approximate surface area is 109 Å². The first-order valence-corrected chi connectivity index (χ1v) is 6.94. The van der Waals surface area contributed by atoms with E-state index in [4.69, 9.17) is 4.74 Å². The lowest BCUT2D eigenvalue weighted by Crippen LogP contribution is -2.44. The van der Waals surface area contributed by atoms with Crippen LogP contribution in [0.1, 0.15) is 18.4 Å². The van der Waals surface area contributed by atoms with Crippen molar-refractivity contribution in [2.45, 2.75) is 25.4 Å². The van der Waals surface area contributed by atoms with Crippen LogP contribution < -0.4 is 10.1 Å². The summed E-state index contributed by atoms with van der Waals surface area (Å²) in [6.45, 7) is 4.70. The molecule has 0 radical (unpaired) electrons. The molecule has 2 unspecified atom stereocenters. The molecule has 0 amide bonds. The summed E-state index contributed by atoms with van der Waals surface area (Å²) in [6.07, 6.45) is 2.75. The maximum atomic E-state index is 5.20. The van der Waals surface area contributed by atoms with Crippen LogP contribution in [0.25, 0.3) is 0 Å². The molecule has 2 saturated heterocycles. The number of hydrogen-bond donors (Lipinski definition) is 1. The quantitative estimate of drug-likeness (QED) is 0.881. The molecule has 0 spiro atoms. The molecule has 3 rings (SSSR count). The second kappa shape index (κ2) is 5.29. The molecule has 1 aromatic carbocycles. The molecule has 98 valence electrons. The van der Waals surface area contributed by atoms with Crippen molar-refractivity contribution in [2.24, 2.45) is 5.92 Å². The van der Waals surface area contributed by atoms with E-state index < -0.39 is 0 Å². The van der Waals surface area contributed by atoms with Crippen LogP contribution in [0.15, 0.2) is 24.3 Å². The standard InChI is InChI=1S/C15H22N2O/c1-18-14-6-4-12(5-7-14)11-17-8-2-3-13-9-16-10-15(13)17/h4-7,13,15-16H,2-3,8-11H2,1H3. The average molecular weight is 246 g/mol. The highest BCUT2D eigenvalue weighted by Gasteiger charge is 2.34. The van der Waals surface area contributed by atoms with Crippen molar-refractivity contribution in [1.29, 1.82) is 0 Å². The highest BCUT2D eigenvalue weighted by atomic mass is 16.5. The number of benzene rings is 1. The molecule has 2 atom stereocenters. The molecule has 0 aliphatic carbocycles. The molecule has 1 aromatic rings. The summed E-state index contributed by atoms with van der Waals surface area (Å²) in [7, 11) is 1.72. The number of piperidine rings is 1. The Morgan fingerprint density at radius 3 is 2.89 bits per heavy atom. The van der Waals surface area contributed by atoms with Gasteiger partial charge in [0.2, 0.25) is 0 Å². The van der Waals surface area contributed by atoms with Crippen LogP contribution in [0.4, 0.5) is 0 Å². The summed E-state index contributed by atoms with van der Waals surface area (Å²) >= 11 is 0. The van der Waals surface area contributed by atoms with Gasteiger partial charge in [-0.1, -0.05) is 12.1 Å². The van der Waals surface area contributed by atoms with Gasteiger partial charge in [0.1, 0.15) is 5.75 Å². The minimum Gasteiger partial charge on any atom is -0.497 e. The lowest BCUT2D eigenvalue weighted by molar-refractivity contribution is 0.117. The number of methoxy groups -OCH3 is 1. The number of ether oxygens (including phenoxy) is 1. The van der Waals surface area contributed by atoms with E-state index in [-0.39, 0.29) is 0 Å². The Morgan fingerprint density at radius 2 is 2.11 bits per heavy atom. The second-order valence-corrected chi connectivity index (χ2v) is 5.45. The Kier molecular flexibility index (Phi) is 3.52. The summed E-state index contributed by atoms with van der Waals surface area (Å²) in [4.78, 5) is 2.65. The first kappa shape index (κ1) is 12.0. The first-order valence-electron chi connectivity index (χ1n) is 6.94. The molecular formula is C15H22N2O. The fourth-order valence-electron chi connectivity index (χ4n) is 3.33. The predicted octanol–water partition coefficient (Wildman–Crippen LogP) is 1.88. The van der Waals surface area contributed by atoms with Gasteiger partial charge in [-0.2, -0.15) is 0 Å². The van der Waals surface area contributed by atoms with Crippen LogP contribution in [0.2, 0.25) is 0 Å². The summed E-state index contributed by atoms with van der Waals surface area (Å²) in [5.41, 5.74) is 1.39. The van der Waals surface area contributed by atoms with Gasteiger partial charge in [-0.15, -0.1) is 0 Å². The van der Waals surface area contributed by atoms with Crippen LogP contribution in [0.5, 0.6) is 5.75 Å². The molecule has 0 bridgehead atoms. The largest absolute Gasteiger partial charge is 0.497 e. The highest BCUT2D eigenvalue weighted by Crippen LogP contribution is 2.27. The third-order valence-corrected chi connectivity index (χ3v) is 4.34. The molecule has 18 heavy (non-hydrogen) atoms. The zero-order chi connectivity index (χ0) is 12.4. The molecule has 3 nitrogen and oxygen atoms in total. The summed E-state index contributed by atoms with van der Waals surface area (Å²) < 4.78 is 5.20. The Morgan fingerprint density at radius 1 is 1.28 bits per heavy atom. The third kappa shape index (κ3) is 2.38. The van der Waals surface area contributed by atoms with Gasteiger partial charge in [0.05, 0.1) is 7.11 Å². The highest BCUT2D eigenvalue weighted by molar-refractivity contribution is 5.27. The molecule has 1 N–H and O–H groups in total. The topological polar surface area (TPSA) is 24.5 Å². The van der Waals surface area contributed by atoms with Crippen LogP contribution >= 0.6 is 0 Å². The van der Waals surface area contributed by atoms with Gasteiger partial charge >= 0.3 is 0 Å². The fourth-order valence-corrected chi connectivity index (χ4v) is 3.33. The Hall–Kier alpha value is -1.06. The van der Waals surface area contributed by atoms with E-state index in [1.807, 2.05) is 0 Å². The number of fused-ring (bicyclic) bond motifs is 1. The van der Waals surface area contributed by atoms with E-state index in [0.29, 0.717) is 0 Å². The lowest BCUT2D eigenvalue weighted by Gasteiger charge is -2.37. The van der Waals surface area contributed by atoms with Crippen molar-refractivity contribution >= 4 is 0 Å². The molecule has 0 saturated carbocycles. The molecule has 2 aliphatic heterocycles. The number of hydrogen-bond acceptors (Lipinski definition) is 3. The van der Waals surface area contributed by atoms with Crippen LogP contribution in [0.3, 0.4) is 0 Å². The average Bonchev–Trinajstić information content (AvgIpc) is 2.89. The maximum Gasteiger partial charge on any atom is 0.118 e. The van der Waals surface area contributed by atoms with E-state index in [2.05, 4.69) is 34.5 Å². The van der Waals surface area contributed by atoms with Gasteiger partial charge < -0.3 is 10.1 Å². The van der Waals surface area contributed by atoms with Gasteiger partial charge in [-0.3, -0.25) is 4.90 Å². The summed E-state index contributed by atoms with van der Waals surface area (Å²) in [6, 6.07) is 9.24. The molecule has 2 fully saturated rings. The predicted molar refractivity (Wildman–Crippen MR) is 72.8 cm³/mol. The SMILES string of the molecule is COc1ccc(CN2CCCC3CNCC32)cc1. The third-order valence-electron chi connectivity index (χ3n) is 4.34. The van der Waals surface area contributed by atoms with Gasteiger partial charge in [-0.25, -0.2) is 0 Å². The zero-order valence-electron chi connectivity index (χ0n) is 11.1. The van der Waals surface area contributed by atoms with Crippen molar-refractivity contribution in [3.05, 3.63) is 29.8 Å². The fraction of sp³-hybridized carbons (Fsp3) is 0.600. The second-order valence-electron chi connectivity index (χ2n) is 5.45. The minimum absolute atomic E-state index is 0.751. The maximum absolute atomic E-state index is 5.20. The molecule has 2 heterocycles. The normalized spacial score (nSPS) is 28.1. The monoisotopic (exact) mass is 246 g/mol. The van der Waals surface area contributed by atoms with Gasteiger partial charge in [0.15, 0.2) is 0 Å². The van der Waals surface area contributed by atoms with E-state index in [9.17, 15) is 0 Å². The smallest absolute Gasteiger partial charge is 0.118 e. The van der Waals surface area contributed by atoms with Crippen molar-refractivity contribution in [3.8, 4) is 5.75 Å². The summed E-state index contributed by atoms with van der Waals surface area (Å²) in [5.74, 6) is 1.81. The first-order chi connectivity index (χ1) is 8.86. The molecule has 2 aliphatic rings. The Bertz CT molecular complexity index is 390. The van der Waals surface area contributed by atoms with Crippen molar-refractivity contribution in [2.75, 3.05) is 26.7 Å².